The molecule has 0 fully saturated rings. The Morgan fingerprint density at radius 1 is 1.00 bits per heavy atom. The van der Waals surface area contributed by atoms with Crippen molar-refractivity contribution in [3.05, 3.63) is 48.0 Å². The van der Waals surface area contributed by atoms with Gasteiger partial charge in [0, 0.05) is 30.2 Å². The minimum Gasteiger partial charge on any atom is -0.497 e. The van der Waals surface area contributed by atoms with Gasteiger partial charge in [0.1, 0.15) is 5.75 Å². The Labute approximate surface area is 174 Å². The van der Waals surface area contributed by atoms with Gasteiger partial charge in [-0.05, 0) is 30.3 Å². The first-order chi connectivity index (χ1) is 14.5. The summed E-state index contributed by atoms with van der Waals surface area (Å²) in [5.41, 5.74) is 0.961. The topological polar surface area (TPSA) is 100 Å². The Morgan fingerprint density at radius 2 is 1.80 bits per heavy atom. The van der Waals surface area contributed by atoms with Crippen molar-refractivity contribution < 1.29 is 33.3 Å². The average molecular weight is 413 g/mol. The predicted octanol–water partition coefficient (Wildman–Crippen LogP) is 3.00. The van der Waals surface area contributed by atoms with Crippen LogP contribution in [0.25, 0.3) is 0 Å². The Bertz CT molecular complexity index is 925. The van der Waals surface area contributed by atoms with Crippen molar-refractivity contribution in [3.8, 4) is 17.2 Å². The molecule has 1 heterocycles. The number of hydrogen-bond donors (Lipinski definition) is 1. The maximum Gasteiger partial charge on any atom is 0.306 e. The van der Waals surface area contributed by atoms with Gasteiger partial charge in [-0.15, -0.1) is 0 Å². The van der Waals surface area contributed by atoms with Crippen molar-refractivity contribution in [3.63, 3.8) is 0 Å². The SMILES string of the molecule is COc1cccc(NC(=O)COC(=O)CCC(=O)c2ccc3c(c2)OCCCO3)c1. The number of hydrogen-bond acceptors (Lipinski definition) is 7. The monoisotopic (exact) mass is 413 g/mol. The van der Waals surface area contributed by atoms with Crippen LogP contribution in [0.1, 0.15) is 29.6 Å². The molecule has 0 saturated heterocycles. The van der Waals surface area contributed by atoms with E-state index in [1.54, 1.807) is 42.5 Å². The third-order valence-corrected chi connectivity index (χ3v) is 4.34. The van der Waals surface area contributed by atoms with Gasteiger partial charge in [-0.25, -0.2) is 0 Å². The molecule has 2 aromatic rings. The number of nitrogens with one attached hydrogen (secondary N) is 1. The zero-order chi connectivity index (χ0) is 21.3. The summed E-state index contributed by atoms with van der Waals surface area (Å²) < 4.78 is 21.1. The van der Waals surface area contributed by atoms with Gasteiger partial charge in [0.15, 0.2) is 23.9 Å². The van der Waals surface area contributed by atoms with Crippen LogP contribution in [0.2, 0.25) is 0 Å². The van der Waals surface area contributed by atoms with E-state index in [2.05, 4.69) is 5.32 Å². The number of fused-ring (bicyclic) bond motifs is 1. The normalized spacial score (nSPS) is 12.4. The molecule has 1 amide bonds. The Kier molecular flexibility index (Phi) is 7.26. The van der Waals surface area contributed by atoms with Crippen LogP contribution in [-0.2, 0) is 14.3 Å². The standard InChI is InChI=1S/C22H23NO7/c1-27-17-5-2-4-16(13-17)23-21(25)14-30-22(26)9-7-18(24)15-6-8-19-20(12-15)29-11-3-10-28-19/h2,4-6,8,12-13H,3,7,9-11,14H2,1H3,(H,23,25). The number of benzene rings is 2. The second kappa shape index (κ2) is 10.3. The highest BCUT2D eigenvalue weighted by Gasteiger charge is 2.16. The molecule has 2 aromatic carbocycles. The molecule has 0 unspecified atom stereocenters. The van der Waals surface area contributed by atoms with Gasteiger partial charge in [-0.2, -0.15) is 0 Å². The van der Waals surface area contributed by atoms with E-state index in [4.69, 9.17) is 18.9 Å². The van der Waals surface area contributed by atoms with E-state index in [0.29, 0.717) is 41.7 Å². The van der Waals surface area contributed by atoms with Crippen LogP contribution in [0, 0.1) is 0 Å². The van der Waals surface area contributed by atoms with E-state index in [-0.39, 0.29) is 18.6 Å². The van der Waals surface area contributed by atoms with Crippen molar-refractivity contribution >= 4 is 23.3 Å². The molecular weight excluding hydrogens is 390 g/mol. The fraction of sp³-hybridized carbons (Fsp3) is 0.318. The van der Waals surface area contributed by atoms with Crippen LogP contribution in [0.3, 0.4) is 0 Å². The van der Waals surface area contributed by atoms with Gasteiger partial charge in [-0.1, -0.05) is 6.07 Å². The van der Waals surface area contributed by atoms with Crippen molar-refractivity contribution in [1.82, 2.24) is 0 Å². The summed E-state index contributed by atoms with van der Waals surface area (Å²) in [7, 11) is 1.52. The van der Waals surface area contributed by atoms with E-state index in [0.717, 1.165) is 6.42 Å². The number of esters is 1. The highest BCUT2D eigenvalue weighted by atomic mass is 16.5. The summed E-state index contributed by atoms with van der Waals surface area (Å²) >= 11 is 0. The Balaban J connectivity index is 1.43. The number of anilines is 1. The quantitative estimate of drug-likeness (QED) is 0.524. The Hall–Kier alpha value is -3.55. The molecular formula is C22H23NO7. The maximum absolute atomic E-state index is 12.4. The summed E-state index contributed by atoms with van der Waals surface area (Å²) in [4.78, 5) is 36.2. The lowest BCUT2D eigenvalue weighted by Crippen LogP contribution is -2.21. The van der Waals surface area contributed by atoms with Gasteiger partial charge in [0.05, 0.1) is 26.7 Å². The molecule has 0 spiro atoms. The lowest BCUT2D eigenvalue weighted by atomic mass is 10.1. The molecule has 0 radical (unpaired) electrons. The van der Waals surface area contributed by atoms with Crippen LogP contribution < -0.4 is 19.5 Å². The van der Waals surface area contributed by atoms with Crippen LogP contribution in [0.5, 0.6) is 17.2 Å². The zero-order valence-corrected chi connectivity index (χ0v) is 16.6. The molecule has 0 bridgehead atoms. The second-order valence-electron chi connectivity index (χ2n) is 6.58. The summed E-state index contributed by atoms with van der Waals surface area (Å²) in [6.45, 7) is 0.653. The highest BCUT2D eigenvalue weighted by Crippen LogP contribution is 2.30. The van der Waals surface area contributed by atoms with Gasteiger partial charge < -0.3 is 24.3 Å². The van der Waals surface area contributed by atoms with Gasteiger partial charge in [0.2, 0.25) is 0 Å². The maximum atomic E-state index is 12.4. The molecule has 1 N–H and O–H groups in total. The molecule has 0 aromatic heterocycles. The first-order valence-corrected chi connectivity index (χ1v) is 9.57. The number of Topliss-reactive ketones (excluding diaryl/α,β-unsaturated/α-hetero) is 1. The van der Waals surface area contributed by atoms with Crippen molar-refractivity contribution in [2.75, 3.05) is 32.2 Å². The molecule has 3 rings (SSSR count). The molecule has 0 atom stereocenters. The second-order valence-corrected chi connectivity index (χ2v) is 6.58. The molecule has 1 aliphatic heterocycles. The van der Waals surface area contributed by atoms with E-state index >= 15 is 0 Å². The minimum atomic E-state index is -0.626. The van der Waals surface area contributed by atoms with Gasteiger partial charge >= 0.3 is 5.97 Å². The lowest BCUT2D eigenvalue weighted by molar-refractivity contribution is -0.147. The number of amides is 1. The summed E-state index contributed by atoms with van der Waals surface area (Å²) in [5.74, 6) is 0.395. The zero-order valence-electron chi connectivity index (χ0n) is 16.6. The molecule has 30 heavy (non-hydrogen) atoms. The summed E-state index contributed by atoms with van der Waals surface area (Å²) in [6, 6.07) is 11.8. The van der Waals surface area contributed by atoms with Crippen LogP contribution >= 0.6 is 0 Å². The van der Waals surface area contributed by atoms with Crippen LogP contribution in [0.4, 0.5) is 5.69 Å². The fourth-order valence-corrected chi connectivity index (χ4v) is 2.81. The van der Waals surface area contributed by atoms with Gasteiger partial charge in [-0.3, -0.25) is 14.4 Å². The number of methoxy groups -OCH3 is 1. The van der Waals surface area contributed by atoms with Crippen molar-refractivity contribution in [2.45, 2.75) is 19.3 Å². The van der Waals surface area contributed by atoms with Crippen LogP contribution in [-0.4, -0.2) is 44.6 Å². The summed E-state index contributed by atoms with van der Waals surface area (Å²) in [6.07, 6.45) is 0.616. The summed E-state index contributed by atoms with van der Waals surface area (Å²) in [5, 5.41) is 2.61. The molecule has 0 aliphatic carbocycles. The van der Waals surface area contributed by atoms with Crippen LogP contribution in [0.15, 0.2) is 42.5 Å². The first-order valence-electron chi connectivity index (χ1n) is 9.57. The molecule has 8 nitrogen and oxygen atoms in total. The predicted molar refractivity (Wildman–Crippen MR) is 108 cm³/mol. The van der Waals surface area contributed by atoms with E-state index < -0.39 is 18.5 Å². The molecule has 158 valence electrons. The minimum absolute atomic E-state index is 0.0318. The number of ether oxygens (including phenoxy) is 4. The fourth-order valence-electron chi connectivity index (χ4n) is 2.81. The molecule has 8 heteroatoms. The van der Waals surface area contributed by atoms with Crippen molar-refractivity contribution in [2.24, 2.45) is 0 Å². The number of ketones is 1. The average Bonchev–Trinajstić information content (AvgIpc) is 3.01. The van der Waals surface area contributed by atoms with Crippen molar-refractivity contribution in [1.29, 1.82) is 0 Å². The lowest BCUT2D eigenvalue weighted by Gasteiger charge is -2.09. The number of rotatable bonds is 8. The largest absolute Gasteiger partial charge is 0.497 e. The number of carbonyl (C=O) groups is 3. The first kappa shape index (κ1) is 21.2. The van der Waals surface area contributed by atoms with Gasteiger partial charge in [0.25, 0.3) is 5.91 Å². The Morgan fingerprint density at radius 3 is 2.60 bits per heavy atom. The van der Waals surface area contributed by atoms with E-state index in [9.17, 15) is 14.4 Å². The number of carbonyl (C=O) groups excluding carboxylic acids is 3. The van der Waals surface area contributed by atoms with E-state index in [1.807, 2.05) is 0 Å². The third-order valence-electron chi connectivity index (χ3n) is 4.34. The third kappa shape index (κ3) is 5.97. The van der Waals surface area contributed by atoms with E-state index in [1.165, 1.54) is 7.11 Å². The highest BCUT2D eigenvalue weighted by molar-refractivity contribution is 5.98. The smallest absolute Gasteiger partial charge is 0.306 e. The molecule has 0 saturated carbocycles. The molecule has 1 aliphatic rings.